The summed E-state index contributed by atoms with van der Waals surface area (Å²) in [5.41, 5.74) is 2.49. The largest absolute Gasteiger partial charge is 0.383 e. The lowest BCUT2D eigenvalue weighted by Crippen LogP contribution is -2.41. The Bertz CT molecular complexity index is 531. The Labute approximate surface area is 131 Å². The monoisotopic (exact) mass is 304 g/mol. The first-order valence-electron chi connectivity index (χ1n) is 7.65. The lowest BCUT2D eigenvalue weighted by atomic mass is 10.2. The second-order valence-corrected chi connectivity index (χ2v) is 5.04. The fourth-order valence-electron chi connectivity index (χ4n) is 2.45. The van der Waals surface area contributed by atoms with Crippen LogP contribution in [0.25, 0.3) is 0 Å². The molecule has 1 amide bonds. The van der Waals surface area contributed by atoms with Crippen LogP contribution in [0.1, 0.15) is 12.5 Å². The van der Waals surface area contributed by atoms with Gasteiger partial charge in [-0.05, 0) is 25.0 Å². The molecule has 0 unspecified atom stereocenters. The summed E-state index contributed by atoms with van der Waals surface area (Å²) in [6, 6.07) is 8.30. The summed E-state index contributed by atoms with van der Waals surface area (Å²) in [5, 5.41) is 6.03. The average Bonchev–Trinajstić information content (AvgIpc) is 2.95. The Morgan fingerprint density at radius 1 is 1.36 bits per heavy atom. The molecule has 0 bridgehead atoms. The first kappa shape index (κ1) is 16.3. The van der Waals surface area contributed by atoms with Gasteiger partial charge in [0.05, 0.1) is 6.61 Å². The van der Waals surface area contributed by atoms with Crippen molar-refractivity contribution in [3.05, 3.63) is 29.8 Å². The van der Waals surface area contributed by atoms with E-state index in [9.17, 15) is 4.79 Å². The minimum atomic E-state index is -0.0973. The van der Waals surface area contributed by atoms with Gasteiger partial charge < -0.3 is 20.3 Å². The highest BCUT2D eigenvalue weighted by atomic mass is 16.5. The number of benzene rings is 1. The smallest absolute Gasteiger partial charge is 0.241 e. The number of guanidine groups is 1. The third-order valence-electron chi connectivity index (χ3n) is 3.48. The Morgan fingerprint density at radius 2 is 2.18 bits per heavy atom. The minimum Gasteiger partial charge on any atom is -0.383 e. The summed E-state index contributed by atoms with van der Waals surface area (Å²) in [6.45, 7) is 4.81. The number of anilines is 1. The number of carbonyl (C=O) groups is 1. The minimum absolute atomic E-state index is 0.0973. The lowest BCUT2D eigenvalue weighted by Gasteiger charge is -2.22. The molecular formula is C16H24N4O2. The molecule has 1 heterocycles. The van der Waals surface area contributed by atoms with Crippen molar-refractivity contribution in [3.63, 3.8) is 0 Å². The maximum absolute atomic E-state index is 11.8. The van der Waals surface area contributed by atoms with E-state index in [-0.39, 0.29) is 12.5 Å². The van der Waals surface area contributed by atoms with E-state index in [1.807, 2.05) is 13.0 Å². The molecule has 2 rings (SSSR count). The van der Waals surface area contributed by atoms with Crippen LogP contribution < -0.4 is 15.5 Å². The van der Waals surface area contributed by atoms with Gasteiger partial charge in [-0.3, -0.25) is 4.79 Å². The summed E-state index contributed by atoms with van der Waals surface area (Å²) >= 11 is 0. The molecule has 0 aliphatic carbocycles. The van der Waals surface area contributed by atoms with E-state index in [4.69, 9.17) is 4.74 Å². The summed E-state index contributed by atoms with van der Waals surface area (Å²) in [5.74, 6) is 0.661. The summed E-state index contributed by atoms with van der Waals surface area (Å²) in [7, 11) is 1.61. The van der Waals surface area contributed by atoms with Gasteiger partial charge >= 0.3 is 0 Å². The zero-order chi connectivity index (χ0) is 15.8. The number of carbonyl (C=O) groups excluding carboxylic acids is 1. The molecule has 6 heteroatoms. The van der Waals surface area contributed by atoms with E-state index in [1.54, 1.807) is 7.11 Å². The standard InChI is InChI=1S/C16H24N4O2/c1-3-17-16(19-12-15(21)18-9-11-22-2)20-10-8-13-6-4-5-7-14(13)20/h4-7H,3,8-12H2,1-2H3,(H,17,19)(H,18,21). The van der Waals surface area contributed by atoms with Crippen molar-refractivity contribution in [1.82, 2.24) is 10.6 Å². The molecule has 0 atom stereocenters. The van der Waals surface area contributed by atoms with Crippen molar-refractivity contribution >= 4 is 17.6 Å². The number of nitrogens with zero attached hydrogens (tertiary/aromatic N) is 2. The number of amides is 1. The molecule has 0 radical (unpaired) electrons. The quantitative estimate of drug-likeness (QED) is 0.463. The van der Waals surface area contributed by atoms with Gasteiger partial charge in [0.15, 0.2) is 5.96 Å². The number of ether oxygens (including phenoxy) is 1. The highest BCUT2D eigenvalue weighted by Gasteiger charge is 2.22. The third kappa shape index (κ3) is 4.21. The summed E-state index contributed by atoms with van der Waals surface area (Å²) < 4.78 is 4.91. The molecule has 0 saturated carbocycles. The van der Waals surface area contributed by atoms with E-state index in [1.165, 1.54) is 11.3 Å². The van der Waals surface area contributed by atoms with E-state index < -0.39 is 0 Å². The van der Waals surface area contributed by atoms with Crippen LogP contribution in [0.15, 0.2) is 29.3 Å². The summed E-state index contributed by atoms with van der Waals surface area (Å²) in [6.07, 6.45) is 1.00. The predicted molar refractivity (Wildman–Crippen MR) is 88.4 cm³/mol. The molecule has 1 aromatic rings. The van der Waals surface area contributed by atoms with Crippen LogP contribution in [0.4, 0.5) is 5.69 Å². The SMILES string of the molecule is CCNC(=NCC(=O)NCCOC)N1CCc2ccccc21. The normalized spacial score (nSPS) is 13.9. The fraction of sp³-hybridized carbons (Fsp3) is 0.500. The molecule has 2 N–H and O–H groups in total. The Morgan fingerprint density at radius 3 is 2.95 bits per heavy atom. The van der Waals surface area contributed by atoms with Crippen molar-refractivity contribution in [2.45, 2.75) is 13.3 Å². The number of aliphatic imine (C=N–C) groups is 1. The van der Waals surface area contributed by atoms with Gasteiger partial charge in [-0.2, -0.15) is 0 Å². The maximum atomic E-state index is 11.8. The topological polar surface area (TPSA) is 66.0 Å². The van der Waals surface area contributed by atoms with E-state index >= 15 is 0 Å². The molecule has 22 heavy (non-hydrogen) atoms. The molecule has 1 aromatic carbocycles. The van der Waals surface area contributed by atoms with E-state index in [0.29, 0.717) is 13.2 Å². The summed E-state index contributed by atoms with van der Waals surface area (Å²) in [4.78, 5) is 18.4. The van der Waals surface area contributed by atoms with E-state index in [0.717, 1.165) is 25.5 Å². The molecule has 0 fully saturated rings. The Kier molecular flexibility index (Phi) is 6.21. The van der Waals surface area contributed by atoms with Crippen LogP contribution in [-0.2, 0) is 16.0 Å². The highest BCUT2D eigenvalue weighted by molar-refractivity contribution is 5.99. The molecule has 6 nitrogen and oxygen atoms in total. The van der Waals surface area contributed by atoms with Crippen LogP contribution in [0.3, 0.4) is 0 Å². The van der Waals surface area contributed by atoms with Crippen LogP contribution in [0.2, 0.25) is 0 Å². The maximum Gasteiger partial charge on any atom is 0.241 e. The van der Waals surface area contributed by atoms with Crippen LogP contribution >= 0.6 is 0 Å². The fourth-order valence-corrected chi connectivity index (χ4v) is 2.45. The van der Waals surface area contributed by atoms with Crippen molar-refractivity contribution in [2.24, 2.45) is 4.99 Å². The molecule has 0 saturated heterocycles. The molecule has 1 aliphatic rings. The zero-order valence-corrected chi connectivity index (χ0v) is 13.3. The Hall–Kier alpha value is -2.08. The van der Waals surface area contributed by atoms with Crippen LogP contribution in [-0.4, -0.2) is 51.8 Å². The van der Waals surface area contributed by atoms with Crippen molar-refractivity contribution < 1.29 is 9.53 Å². The number of rotatable bonds is 6. The number of hydrogen-bond acceptors (Lipinski definition) is 3. The second kappa shape index (κ2) is 8.38. The molecular weight excluding hydrogens is 280 g/mol. The Balaban J connectivity index is 2.01. The number of methoxy groups -OCH3 is 1. The first-order chi connectivity index (χ1) is 10.8. The van der Waals surface area contributed by atoms with Crippen LogP contribution in [0.5, 0.6) is 0 Å². The predicted octanol–water partition coefficient (Wildman–Crippen LogP) is 0.777. The molecule has 0 aromatic heterocycles. The second-order valence-electron chi connectivity index (χ2n) is 5.04. The third-order valence-corrected chi connectivity index (χ3v) is 3.48. The van der Waals surface area contributed by atoms with Crippen molar-refractivity contribution in [3.8, 4) is 0 Å². The van der Waals surface area contributed by atoms with Gasteiger partial charge in [0.1, 0.15) is 6.54 Å². The van der Waals surface area contributed by atoms with Gasteiger partial charge in [0, 0.05) is 32.4 Å². The number of nitrogens with one attached hydrogen (secondary N) is 2. The highest BCUT2D eigenvalue weighted by Crippen LogP contribution is 2.27. The first-order valence-corrected chi connectivity index (χ1v) is 7.65. The van der Waals surface area contributed by atoms with Crippen molar-refractivity contribution in [1.29, 1.82) is 0 Å². The van der Waals surface area contributed by atoms with Gasteiger partial charge in [-0.1, -0.05) is 18.2 Å². The van der Waals surface area contributed by atoms with Gasteiger partial charge in [0.2, 0.25) is 5.91 Å². The molecule has 0 spiro atoms. The average molecular weight is 304 g/mol. The van der Waals surface area contributed by atoms with Gasteiger partial charge in [-0.15, -0.1) is 0 Å². The molecule has 120 valence electrons. The number of para-hydroxylation sites is 1. The number of hydrogen-bond donors (Lipinski definition) is 2. The zero-order valence-electron chi connectivity index (χ0n) is 13.3. The molecule has 1 aliphatic heterocycles. The van der Waals surface area contributed by atoms with E-state index in [2.05, 4.69) is 38.7 Å². The lowest BCUT2D eigenvalue weighted by molar-refractivity contribution is -0.119. The van der Waals surface area contributed by atoms with Gasteiger partial charge in [0.25, 0.3) is 0 Å². The number of fused-ring (bicyclic) bond motifs is 1. The van der Waals surface area contributed by atoms with Crippen molar-refractivity contribution in [2.75, 3.05) is 44.8 Å². The van der Waals surface area contributed by atoms with Gasteiger partial charge in [-0.25, -0.2) is 4.99 Å². The van der Waals surface area contributed by atoms with Crippen LogP contribution in [0, 0.1) is 0 Å².